The van der Waals surface area contributed by atoms with Crippen molar-refractivity contribution in [3.8, 4) is 5.75 Å². The molecule has 0 spiro atoms. The average Bonchev–Trinajstić information content (AvgIpc) is 3.48. The number of aldehydes is 1. The van der Waals surface area contributed by atoms with Crippen LogP contribution in [0.25, 0.3) is 10.9 Å². The van der Waals surface area contributed by atoms with Crippen LogP contribution in [0.2, 0.25) is 0 Å². The molecule has 2 fully saturated rings. The predicted molar refractivity (Wildman–Crippen MR) is 120 cm³/mol. The molecule has 1 saturated heterocycles. The summed E-state index contributed by atoms with van der Waals surface area (Å²) in [6.45, 7) is 0.911. The van der Waals surface area contributed by atoms with Gasteiger partial charge in [0.05, 0.1) is 41.8 Å². The lowest BCUT2D eigenvalue weighted by atomic mass is 9.96. The van der Waals surface area contributed by atoms with E-state index in [2.05, 4.69) is 10.1 Å². The number of halogens is 1. The number of hydrogen-bond acceptors (Lipinski definition) is 7. The Labute approximate surface area is 188 Å². The van der Waals surface area contributed by atoms with E-state index in [0.29, 0.717) is 36.3 Å². The fourth-order valence-corrected chi connectivity index (χ4v) is 4.98. The quantitative estimate of drug-likeness (QED) is 0.558. The van der Waals surface area contributed by atoms with Crippen LogP contribution in [0, 0.1) is 11.7 Å². The summed E-state index contributed by atoms with van der Waals surface area (Å²) in [5, 5.41) is 4.41. The maximum absolute atomic E-state index is 15.5. The van der Waals surface area contributed by atoms with Gasteiger partial charge in [0, 0.05) is 36.7 Å². The van der Waals surface area contributed by atoms with E-state index < -0.39 is 11.2 Å². The molecule has 2 atom stereocenters. The number of aromatic nitrogens is 2. The molecule has 6 rings (SSSR count). The number of carbonyl (C=O) groups excluding carboxylic acids is 1. The van der Waals surface area contributed by atoms with Gasteiger partial charge in [-0.15, -0.1) is 0 Å². The number of nitrogens with zero attached hydrogens (tertiary/aromatic N) is 4. The number of anilines is 1. The monoisotopic (exact) mass is 448 g/mol. The van der Waals surface area contributed by atoms with Crippen LogP contribution in [0.15, 0.2) is 46.7 Å². The molecule has 3 aromatic rings. The molecule has 0 N–H and O–H groups in total. The van der Waals surface area contributed by atoms with E-state index in [0.717, 1.165) is 24.1 Å². The minimum Gasteiger partial charge on any atom is -0.492 e. The topological polar surface area (TPSA) is 86.0 Å². The van der Waals surface area contributed by atoms with E-state index in [1.54, 1.807) is 18.6 Å². The Balaban J connectivity index is 1.47. The van der Waals surface area contributed by atoms with E-state index in [4.69, 9.17) is 9.57 Å². The summed E-state index contributed by atoms with van der Waals surface area (Å²) < 4.78 is 23.1. The molecule has 1 aromatic carbocycles. The molecule has 8 nitrogen and oxygen atoms in total. The van der Waals surface area contributed by atoms with Gasteiger partial charge in [0.15, 0.2) is 29.4 Å². The number of carbonyl (C=O) groups is 1. The van der Waals surface area contributed by atoms with Crippen LogP contribution in [0.5, 0.6) is 5.75 Å². The molecule has 9 heteroatoms. The van der Waals surface area contributed by atoms with Crippen LogP contribution in [0.4, 0.5) is 10.1 Å². The maximum atomic E-state index is 15.5. The summed E-state index contributed by atoms with van der Waals surface area (Å²) in [5.74, 6) is -0.315. The highest BCUT2D eigenvalue weighted by molar-refractivity contribution is 6.04. The standard InChI is InChI=1S/C24H21FN4O4/c1-32-24-21-16(23(31)14(12-30)9-29(21)15-4-5-15)7-18(25)22(24)28-10-17-19(11-28)33-27-20(17)13-3-2-6-26-8-13/h2-3,6-9,12,15,17,19H,4-5,10-11H2,1H3. The summed E-state index contributed by atoms with van der Waals surface area (Å²) in [6, 6.07) is 5.15. The number of pyridine rings is 2. The number of fused-ring (bicyclic) bond motifs is 2. The Morgan fingerprint density at radius 2 is 2.15 bits per heavy atom. The second-order valence-corrected chi connectivity index (χ2v) is 8.68. The third-order valence-electron chi connectivity index (χ3n) is 6.67. The first-order chi connectivity index (χ1) is 16.1. The molecule has 2 aromatic heterocycles. The molecule has 33 heavy (non-hydrogen) atoms. The highest BCUT2D eigenvalue weighted by Gasteiger charge is 2.44. The first-order valence-electron chi connectivity index (χ1n) is 10.9. The number of methoxy groups -OCH3 is 1. The lowest BCUT2D eigenvalue weighted by Gasteiger charge is -2.25. The lowest BCUT2D eigenvalue weighted by molar-refractivity contribution is 0.0853. The molecule has 2 aliphatic heterocycles. The number of benzene rings is 1. The summed E-state index contributed by atoms with van der Waals surface area (Å²) in [7, 11) is 1.48. The SMILES string of the molecule is COc1c(N2CC3ON=C(c4cccnc4)C3C2)c(F)cc2c(=O)c(C=O)cn(C3CC3)c12. The zero-order chi connectivity index (χ0) is 22.7. The van der Waals surface area contributed by atoms with Crippen LogP contribution in [0.1, 0.15) is 34.8 Å². The molecular weight excluding hydrogens is 427 g/mol. The van der Waals surface area contributed by atoms with Crippen molar-refractivity contribution in [2.75, 3.05) is 25.1 Å². The van der Waals surface area contributed by atoms with Gasteiger partial charge in [0.1, 0.15) is 5.69 Å². The normalized spacial score (nSPS) is 21.6. The molecule has 2 unspecified atom stereocenters. The van der Waals surface area contributed by atoms with Crippen molar-refractivity contribution in [3.63, 3.8) is 0 Å². The molecule has 4 heterocycles. The maximum Gasteiger partial charge on any atom is 0.200 e. The van der Waals surface area contributed by atoms with Crippen molar-refractivity contribution in [3.05, 3.63) is 64.0 Å². The lowest BCUT2D eigenvalue weighted by Crippen LogP contribution is -2.25. The van der Waals surface area contributed by atoms with Crippen LogP contribution >= 0.6 is 0 Å². The smallest absolute Gasteiger partial charge is 0.200 e. The zero-order valence-corrected chi connectivity index (χ0v) is 17.9. The summed E-state index contributed by atoms with van der Waals surface area (Å²) in [6.07, 6.45) is 7.17. The van der Waals surface area contributed by atoms with Gasteiger partial charge in [0.25, 0.3) is 0 Å². The van der Waals surface area contributed by atoms with Gasteiger partial charge in [-0.2, -0.15) is 0 Å². The van der Waals surface area contributed by atoms with Gasteiger partial charge in [-0.25, -0.2) is 4.39 Å². The number of hydrogen-bond donors (Lipinski definition) is 0. The first-order valence-corrected chi connectivity index (χ1v) is 10.9. The van der Waals surface area contributed by atoms with Gasteiger partial charge in [0.2, 0.25) is 0 Å². The van der Waals surface area contributed by atoms with Crippen molar-refractivity contribution in [2.45, 2.75) is 25.0 Å². The van der Waals surface area contributed by atoms with E-state index in [-0.39, 0.29) is 29.0 Å². The van der Waals surface area contributed by atoms with Gasteiger partial charge in [-0.05, 0) is 31.0 Å². The highest BCUT2D eigenvalue weighted by Crippen LogP contribution is 2.45. The van der Waals surface area contributed by atoms with Gasteiger partial charge in [-0.3, -0.25) is 14.6 Å². The molecule has 0 radical (unpaired) electrons. The molecule has 0 bridgehead atoms. The van der Waals surface area contributed by atoms with Crippen LogP contribution in [0.3, 0.4) is 0 Å². The van der Waals surface area contributed by atoms with Crippen molar-refractivity contribution < 1.29 is 18.8 Å². The molecular formula is C24H21FN4O4. The van der Waals surface area contributed by atoms with Gasteiger partial charge < -0.3 is 19.0 Å². The number of rotatable bonds is 5. The molecule has 1 saturated carbocycles. The van der Waals surface area contributed by atoms with Crippen molar-refractivity contribution in [1.82, 2.24) is 9.55 Å². The summed E-state index contributed by atoms with van der Waals surface area (Å²) >= 11 is 0. The third-order valence-corrected chi connectivity index (χ3v) is 6.67. The van der Waals surface area contributed by atoms with E-state index in [1.807, 2.05) is 21.6 Å². The number of ether oxygens (including phenoxy) is 1. The Hall–Kier alpha value is -3.75. The number of oxime groups is 1. The van der Waals surface area contributed by atoms with Crippen LogP contribution in [-0.4, -0.2) is 47.9 Å². The molecule has 168 valence electrons. The van der Waals surface area contributed by atoms with Gasteiger partial charge in [-0.1, -0.05) is 5.16 Å². The van der Waals surface area contributed by atoms with Gasteiger partial charge >= 0.3 is 0 Å². The Bertz CT molecular complexity index is 1370. The fraction of sp³-hybridized carbons (Fsp3) is 0.333. The first kappa shape index (κ1) is 19.9. The average molecular weight is 448 g/mol. The minimum absolute atomic E-state index is 0.0185. The largest absolute Gasteiger partial charge is 0.492 e. The van der Waals surface area contributed by atoms with E-state index in [1.165, 1.54) is 13.2 Å². The van der Waals surface area contributed by atoms with Crippen molar-refractivity contribution in [1.29, 1.82) is 0 Å². The minimum atomic E-state index is -0.568. The Morgan fingerprint density at radius 3 is 2.85 bits per heavy atom. The summed E-state index contributed by atoms with van der Waals surface area (Å²) in [5.41, 5.74) is 2.01. The summed E-state index contributed by atoms with van der Waals surface area (Å²) in [4.78, 5) is 36.0. The Kier molecular flexibility index (Phi) is 4.46. The molecule has 1 aliphatic carbocycles. The molecule has 3 aliphatic rings. The zero-order valence-electron chi connectivity index (χ0n) is 17.9. The highest BCUT2D eigenvalue weighted by atomic mass is 19.1. The fourth-order valence-electron chi connectivity index (χ4n) is 4.98. The van der Waals surface area contributed by atoms with Crippen LogP contribution < -0.4 is 15.1 Å². The third kappa shape index (κ3) is 3.02. The van der Waals surface area contributed by atoms with E-state index >= 15 is 4.39 Å². The van der Waals surface area contributed by atoms with Crippen molar-refractivity contribution in [2.24, 2.45) is 11.1 Å². The second kappa shape index (κ2) is 7.40. The Morgan fingerprint density at radius 1 is 1.30 bits per heavy atom. The van der Waals surface area contributed by atoms with E-state index in [9.17, 15) is 9.59 Å². The van der Waals surface area contributed by atoms with Crippen molar-refractivity contribution >= 4 is 28.6 Å². The van der Waals surface area contributed by atoms with Crippen LogP contribution in [-0.2, 0) is 4.84 Å². The second-order valence-electron chi connectivity index (χ2n) is 8.68. The predicted octanol–water partition coefficient (Wildman–Crippen LogP) is 2.93. The molecule has 0 amide bonds.